The van der Waals surface area contributed by atoms with E-state index in [1.807, 2.05) is 40.8 Å². The molecule has 1 saturated heterocycles. The summed E-state index contributed by atoms with van der Waals surface area (Å²) in [5.41, 5.74) is 3.38. The maximum atomic E-state index is 14.4. The second kappa shape index (κ2) is 11.3. The molecule has 188 valence electrons. The van der Waals surface area contributed by atoms with Crippen LogP contribution in [0.4, 0.5) is 5.69 Å². The maximum Gasteiger partial charge on any atom is 0.0971 e. The van der Waals surface area contributed by atoms with Crippen molar-refractivity contribution in [3.63, 3.8) is 0 Å². The standard InChI is InChI=1S/C24H42ClN5O2S/c1-9-22(12-11-13-30-16-14-28(6)15-17-30)18-23(25)21(5)33(31,10-2,32-8)27-24-19(3)26-29(7)20(24)4/h9,18H,5,10-17H2,1-4,6-8H3,(H,27,31). The summed E-state index contributed by atoms with van der Waals surface area (Å²) < 4.78 is 25.1. The third-order valence-corrected chi connectivity index (χ3v) is 10.7. The quantitative estimate of drug-likeness (QED) is 0.458. The Morgan fingerprint density at radius 3 is 2.39 bits per heavy atom. The van der Waals surface area contributed by atoms with Crippen LogP contribution in [0.15, 0.2) is 34.2 Å². The minimum Gasteiger partial charge on any atom is -0.304 e. The molecule has 9 heteroatoms. The van der Waals surface area contributed by atoms with Crippen molar-refractivity contribution in [1.29, 1.82) is 0 Å². The molecule has 0 spiro atoms. The molecular formula is C24H42ClN5O2S. The monoisotopic (exact) mass is 499 g/mol. The first-order valence-corrected chi connectivity index (χ1v) is 14.0. The van der Waals surface area contributed by atoms with E-state index in [9.17, 15) is 4.21 Å². The van der Waals surface area contributed by atoms with Gasteiger partial charge in [0.25, 0.3) is 0 Å². The highest BCUT2D eigenvalue weighted by Gasteiger charge is 2.35. The van der Waals surface area contributed by atoms with Gasteiger partial charge in [-0.15, -0.1) is 0 Å². The van der Waals surface area contributed by atoms with Crippen LogP contribution in [0, 0.1) is 13.8 Å². The third kappa shape index (κ3) is 6.36. The van der Waals surface area contributed by atoms with E-state index in [2.05, 4.69) is 39.3 Å². The number of nitrogens with one attached hydrogen (secondary N) is 1. The van der Waals surface area contributed by atoms with E-state index in [-0.39, 0.29) is 10.7 Å². The minimum atomic E-state index is -4.02. The SMILES string of the molecule is C=C(C(Cl)=CC(=CC)CCCN1CCN(C)CC1)S(=O)(CC)(Nc1c(C)nn(C)c1C)OC. The summed E-state index contributed by atoms with van der Waals surface area (Å²) in [5, 5.41) is 4.76. The molecule has 1 aromatic heterocycles. The summed E-state index contributed by atoms with van der Waals surface area (Å²) in [5.74, 6) is 0.193. The number of hydrogen-bond donors (Lipinski definition) is 1. The van der Waals surface area contributed by atoms with Crippen molar-refractivity contribution >= 4 is 26.8 Å². The normalized spacial score (nSPS) is 18.2. The van der Waals surface area contributed by atoms with Crippen LogP contribution in [0.2, 0.25) is 0 Å². The lowest BCUT2D eigenvalue weighted by molar-refractivity contribution is 0.153. The Hall–Kier alpha value is -1.45. The molecule has 0 atom stereocenters. The number of rotatable bonds is 11. The van der Waals surface area contributed by atoms with E-state index >= 15 is 0 Å². The number of likely N-dealkylation sites (N-methyl/N-ethyl adjacent to an activating group) is 1. The van der Waals surface area contributed by atoms with Crippen LogP contribution in [0.25, 0.3) is 0 Å². The Bertz CT molecular complexity index is 966. The number of halogens is 1. The Morgan fingerprint density at radius 1 is 1.27 bits per heavy atom. The van der Waals surface area contributed by atoms with Crippen molar-refractivity contribution in [3.05, 3.63) is 45.6 Å². The first-order chi connectivity index (χ1) is 15.5. The summed E-state index contributed by atoms with van der Waals surface area (Å²) >= 11 is 6.72. The molecule has 1 aliphatic heterocycles. The van der Waals surface area contributed by atoms with E-state index in [1.165, 1.54) is 7.11 Å². The first kappa shape index (κ1) is 27.8. The molecule has 0 saturated carbocycles. The molecule has 1 fully saturated rings. The lowest BCUT2D eigenvalue weighted by atomic mass is 10.1. The highest BCUT2D eigenvalue weighted by molar-refractivity contribution is 8.20. The largest absolute Gasteiger partial charge is 0.304 e. The van der Waals surface area contributed by atoms with Gasteiger partial charge in [-0.2, -0.15) is 9.31 Å². The average Bonchev–Trinajstić information content (AvgIpc) is 3.04. The van der Waals surface area contributed by atoms with Crippen LogP contribution < -0.4 is 4.72 Å². The molecule has 0 bridgehead atoms. The molecule has 33 heavy (non-hydrogen) atoms. The van der Waals surface area contributed by atoms with Crippen LogP contribution in [-0.4, -0.2) is 76.4 Å². The number of hydrogen-bond acceptors (Lipinski definition) is 5. The van der Waals surface area contributed by atoms with Crippen molar-refractivity contribution in [3.8, 4) is 0 Å². The predicted molar refractivity (Wildman–Crippen MR) is 142 cm³/mol. The molecule has 0 aliphatic carbocycles. The van der Waals surface area contributed by atoms with Crippen molar-refractivity contribution in [1.82, 2.24) is 19.6 Å². The van der Waals surface area contributed by atoms with Crippen molar-refractivity contribution in [2.24, 2.45) is 7.05 Å². The van der Waals surface area contributed by atoms with Crippen LogP contribution in [-0.2, 0) is 20.8 Å². The van der Waals surface area contributed by atoms with Crippen LogP contribution in [0.1, 0.15) is 38.1 Å². The van der Waals surface area contributed by atoms with Crippen LogP contribution in [0.5, 0.6) is 0 Å². The summed E-state index contributed by atoms with van der Waals surface area (Å²) in [6, 6.07) is 0. The summed E-state index contributed by atoms with van der Waals surface area (Å²) in [6.45, 7) is 17.3. The first-order valence-electron chi connectivity index (χ1n) is 11.6. The molecule has 0 unspecified atom stereocenters. The van der Waals surface area contributed by atoms with Gasteiger partial charge in [-0.25, -0.2) is 0 Å². The smallest absolute Gasteiger partial charge is 0.0971 e. The van der Waals surface area contributed by atoms with E-state index in [4.69, 9.17) is 15.8 Å². The number of anilines is 1. The summed E-state index contributed by atoms with van der Waals surface area (Å²) in [4.78, 5) is 5.13. The molecule has 1 aliphatic rings. The number of aromatic nitrogens is 2. The molecule has 1 N–H and O–H groups in total. The number of piperazine rings is 1. The Labute approximate surface area is 205 Å². The Balaban J connectivity index is 2.17. The van der Waals surface area contributed by atoms with E-state index in [1.54, 1.807) is 4.68 Å². The highest BCUT2D eigenvalue weighted by Crippen LogP contribution is 2.42. The van der Waals surface area contributed by atoms with Gasteiger partial charge in [-0.05, 0) is 60.2 Å². The molecule has 0 amide bonds. The Kier molecular flexibility index (Phi) is 9.53. The molecule has 0 radical (unpaired) electrons. The zero-order valence-corrected chi connectivity index (χ0v) is 23.0. The molecule has 2 rings (SSSR count). The van der Waals surface area contributed by atoms with Gasteiger partial charge in [0, 0.05) is 33.2 Å². The van der Waals surface area contributed by atoms with Crippen LogP contribution >= 0.6 is 11.6 Å². The minimum absolute atomic E-state index is 0.193. The topological polar surface area (TPSA) is 62.6 Å². The lowest BCUT2D eigenvalue weighted by Gasteiger charge is -2.48. The van der Waals surface area contributed by atoms with Gasteiger partial charge in [0.1, 0.15) is 0 Å². The molecule has 1 aromatic rings. The molecule has 0 aromatic carbocycles. The zero-order valence-electron chi connectivity index (χ0n) is 21.4. The fourth-order valence-electron chi connectivity index (χ4n) is 4.01. The highest BCUT2D eigenvalue weighted by atomic mass is 35.5. The van der Waals surface area contributed by atoms with Crippen LogP contribution in [0.3, 0.4) is 0 Å². The van der Waals surface area contributed by atoms with Crippen molar-refractivity contribution in [2.45, 2.75) is 40.5 Å². The summed E-state index contributed by atoms with van der Waals surface area (Å²) in [6.07, 6.45) is 5.87. The average molecular weight is 500 g/mol. The van der Waals surface area contributed by atoms with E-state index < -0.39 is 9.53 Å². The van der Waals surface area contributed by atoms with Crippen molar-refractivity contribution in [2.75, 3.05) is 57.4 Å². The fraction of sp³-hybridized carbons (Fsp3) is 0.625. The number of aryl methyl sites for hydroxylation is 2. The van der Waals surface area contributed by atoms with Gasteiger partial charge in [0.2, 0.25) is 0 Å². The van der Waals surface area contributed by atoms with Gasteiger partial charge in [0.15, 0.2) is 0 Å². The fourth-order valence-corrected chi connectivity index (χ4v) is 6.92. The second-order valence-corrected chi connectivity index (χ2v) is 12.9. The van der Waals surface area contributed by atoms with E-state index in [0.717, 1.165) is 62.5 Å². The maximum absolute atomic E-state index is 14.4. The van der Waals surface area contributed by atoms with Gasteiger partial charge in [0.05, 0.1) is 39.9 Å². The Morgan fingerprint density at radius 2 is 1.91 bits per heavy atom. The molecule has 2 heterocycles. The molecular weight excluding hydrogens is 458 g/mol. The summed E-state index contributed by atoms with van der Waals surface area (Å²) in [7, 11) is 1.44. The lowest BCUT2D eigenvalue weighted by Crippen LogP contribution is -2.46. The molecule has 7 nitrogen and oxygen atoms in total. The van der Waals surface area contributed by atoms with Gasteiger partial charge in [-0.1, -0.05) is 39.4 Å². The third-order valence-electron chi connectivity index (χ3n) is 6.68. The second-order valence-electron chi connectivity index (χ2n) is 8.78. The predicted octanol–water partition coefficient (Wildman–Crippen LogP) is 4.38. The number of allylic oxidation sites excluding steroid dienone is 4. The van der Waals surface area contributed by atoms with Gasteiger partial charge in [-0.3, -0.25) is 13.6 Å². The number of nitrogens with zero attached hydrogens (tertiary/aromatic N) is 4. The van der Waals surface area contributed by atoms with Gasteiger partial charge >= 0.3 is 0 Å². The van der Waals surface area contributed by atoms with Crippen molar-refractivity contribution < 1.29 is 8.39 Å². The van der Waals surface area contributed by atoms with E-state index in [0.29, 0.717) is 10.7 Å². The van der Waals surface area contributed by atoms with Gasteiger partial charge < -0.3 is 9.80 Å². The zero-order chi connectivity index (χ0) is 24.8.